The van der Waals surface area contributed by atoms with Crippen LogP contribution in [0.4, 0.5) is 11.4 Å². The Bertz CT molecular complexity index is 442. The number of piperidine rings is 1. The molecule has 0 spiro atoms. The van der Waals surface area contributed by atoms with Gasteiger partial charge in [0, 0.05) is 13.1 Å². The molecule has 1 heterocycles. The summed E-state index contributed by atoms with van der Waals surface area (Å²) in [5, 5.41) is 0.627. The van der Waals surface area contributed by atoms with Crippen molar-refractivity contribution in [3.05, 3.63) is 23.8 Å². The summed E-state index contributed by atoms with van der Waals surface area (Å²) >= 11 is 1.49. The number of rotatable bonds is 2. The zero-order chi connectivity index (χ0) is 13.0. The second-order valence-electron chi connectivity index (χ2n) is 4.64. The zero-order valence-electron chi connectivity index (χ0n) is 11.6. The van der Waals surface area contributed by atoms with Crippen molar-refractivity contribution in [3.8, 4) is 0 Å². The summed E-state index contributed by atoms with van der Waals surface area (Å²) in [5.41, 5.74) is 9.32. The standard InChI is InChI=1S/C14H21N3S.HI/c1-11-7-6-8-12(13(11)16-14(15)18-2)17-9-4-3-5-10-17;/h6-8H,3-5,9-10H2,1-2H3,(H2,15,16);1H. The van der Waals surface area contributed by atoms with Gasteiger partial charge in [-0.3, -0.25) is 0 Å². The minimum absolute atomic E-state index is 0. The van der Waals surface area contributed by atoms with Crippen LogP contribution in [-0.4, -0.2) is 24.5 Å². The smallest absolute Gasteiger partial charge is 0.158 e. The summed E-state index contributed by atoms with van der Waals surface area (Å²) < 4.78 is 0. The molecule has 5 heteroatoms. The lowest BCUT2D eigenvalue weighted by Crippen LogP contribution is -2.29. The number of aliphatic imine (C=N–C) groups is 1. The van der Waals surface area contributed by atoms with Crippen LogP contribution in [0.15, 0.2) is 23.2 Å². The van der Waals surface area contributed by atoms with Crippen LogP contribution in [0.2, 0.25) is 0 Å². The van der Waals surface area contributed by atoms with Crippen LogP contribution >= 0.6 is 35.7 Å². The monoisotopic (exact) mass is 391 g/mol. The Morgan fingerprint density at radius 1 is 1.26 bits per heavy atom. The van der Waals surface area contributed by atoms with Gasteiger partial charge in [0.1, 0.15) is 0 Å². The minimum atomic E-state index is 0. The Labute approximate surface area is 137 Å². The van der Waals surface area contributed by atoms with E-state index >= 15 is 0 Å². The van der Waals surface area contributed by atoms with Crippen LogP contribution in [0.25, 0.3) is 0 Å². The minimum Gasteiger partial charge on any atom is -0.378 e. The van der Waals surface area contributed by atoms with Gasteiger partial charge < -0.3 is 10.6 Å². The number of para-hydroxylation sites is 1. The van der Waals surface area contributed by atoms with E-state index in [2.05, 4.69) is 35.0 Å². The van der Waals surface area contributed by atoms with Crippen LogP contribution in [0.5, 0.6) is 0 Å². The van der Waals surface area contributed by atoms with E-state index in [4.69, 9.17) is 5.73 Å². The number of aryl methyl sites for hydroxylation is 1. The third kappa shape index (κ3) is 4.27. The fourth-order valence-corrected chi connectivity index (χ4v) is 2.52. The van der Waals surface area contributed by atoms with E-state index in [0.29, 0.717) is 5.17 Å². The highest BCUT2D eigenvalue weighted by atomic mass is 127. The molecule has 1 aliphatic rings. The number of benzene rings is 1. The maximum Gasteiger partial charge on any atom is 0.158 e. The molecule has 1 aromatic carbocycles. The van der Waals surface area contributed by atoms with Gasteiger partial charge in [0.2, 0.25) is 0 Å². The lowest BCUT2D eigenvalue weighted by Gasteiger charge is -2.30. The molecule has 1 saturated heterocycles. The van der Waals surface area contributed by atoms with Crippen LogP contribution in [-0.2, 0) is 0 Å². The van der Waals surface area contributed by atoms with Crippen molar-refractivity contribution >= 4 is 52.3 Å². The molecule has 1 fully saturated rings. The molecule has 0 amide bonds. The second kappa shape index (κ2) is 7.99. The summed E-state index contributed by atoms with van der Waals surface area (Å²) in [6, 6.07) is 6.36. The van der Waals surface area contributed by atoms with Gasteiger partial charge in [0.15, 0.2) is 5.17 Å². The van der Waals surface area contributed by atoms with Gasteiger partial charge in [-0.2, -0.15) is 0 Å². The van der Waals surface area contributed by atoms with Gasteiger partial charge in [-0.25, -0.2) is 4.99 Å². The summed E-state index contributed by atoms with van der Waals surface area (Å²) in [6.07, 6.45) is 5.84. The molecule has 0 unspecified atom stereocenters. The number of anilines is 1. The molecule has 2 N–H and O–H groups in total. The van der Waals surface area contributed by atoms with Crippen molar-refractivity contribution in [3.63, 3.8) is 0 Å². The van der Waals surface area contributed by atoms with E-state index in [9.17, 15) is 0 Å². The van der Waals surface area contributed by atoms with E-state index in [-0.39, 0.29) is 24.0 Å². The summed E-state index contributed by atoms with van der Waals surface area (Å²) in [4.78, 5) is 7.00. The van der Waals surface area contributed by atoms with Gasteiger partial charge in [-0.15, -0.1) is 24.0 Å². The molecule has 0 saturated carbocycles. The van der Waals surface area contributed by atoms with Crippen LogP contribution in [0, 0.1) is 6.92 Å². The zero-order valence-corrected chi connectivity index (χ0v) is 14.7. The Balaban J connectivity index is 0.00000180. The lowest BCUT2D eigenvalue weighted by atomic mass is 10.1. The van der Waals surface area contributed by atoms with Crippen LogP contribution in [0.3, 0.4) is 0 Å². The van der Waals surface area contributed by atoms with Gasteiger partial charge >= 0.3 is 0 Å². The number of hydrogen-bond acceptors (Lipinski definition) is 3. The molecule has 106 valence electrons. The van der Waals surface area contributed by atoms with E-state index in [0.717, 1.165) is 18.8 Å². The molecular weight excluding hydrogens is 369 g/mol. The first-order chi connectivity index (χ1) is 8.72. The van der Waals surface area contributed by atoms with Crippen molar-refractivity contribution in [2.45, 2.75) is 26.2 Å². The predicted octanol–water partition coefficient (Wildman–Crippen LogP) is 3.91. The largest absolute Gasteiger partial charge is 0.378 e. The van der Waals surface area contributed by atoms with E-state index in [1.165, 1.54) is 42.3 Å². The fourth-order valence-electron chi connectivity index (χ4n) is 2.33. The average Bonchev–Trinajstić information content (AvgIpc) is 2.42. The molecule has 1 aliphatic heterocycles. The number of thioether (sulfide) groups is 1. The Hall–Kier alpha value is -0.430. The van der Waals surface area contributed by atoms with Crippen molar-refractivity contribution in [2.24, 2.45) is 10.7 Å². The van der Waals surface area contributed by atoms with Gasteiger partial charge in [-0.05, 0) is 44.1 Å². The third-order valence-electron chi connectivity index (χ3n) is 3.34. The maximum absolute atomic E-state index is 5.87. The van der Waals surface area contributed by atoms with Gasteiger partial charge in [-0.1, -0.05) is 23.9 Å². The van der Waals surface area contributed by atoms with Crippen LogP contribution in [0.1, 0.15) is 24.8 Å². The van der Waals surface area contributed by atoms with Crippen molar-refractivity contribution in [2.75, 3.05) is 24.2 Å². The topological polar surface area (TPSA) is 41.6 Å². The molecule has 0 aromatic heterocycles. The first-order valence-corrected chi connectivity index (χ1v) is 7.67. The number of hydrogen-bond donors (Lipinski definition) is 1. The molecule has 0 bridgehead atoms. The first-order valence-electron chi connectivity index (χ1n) is 6.45. The summed E-state index contributed by atoms with van der Waals surface area (Å²) in [6.45, 7) is 4.36. The quantitative estimate of drug-likeness (QED) is 0.472. The first kappa shape index (κ1) is 16.6. The fraction of sp³-hybridized carbons (Fsp3) is 0.500. The maximum atomic E-state index is 5.87. The highest BCUT2D eigenvalue weighted by Gasteiger charge is 2.15. The normalized spacial score (nSPS) is 16.1. The molecule has 0 radical (unpaired) electrons. The highest BCUT2D eigenvalue weighted by Crippen LogP contribution is 2.34. The molecule has 19 heavy (non-hydrogen) atoms. The van der Waals surface area contributed by atoms with Crippen molar-refractivity contribution < 1.29 is 0 Å². The van der Waals surface area contributed by atoms with Crippen LogP contribution < -0.4 is 10.6 Å². The van der Waals surface area contributed by atoms with Gasteiger partial charge in [0.05, 0.1) is 11.4 Å². The number of halogens is 1. The summed E-state index contributed by atoms with van der Waals surface area (Å²) in [7, 11) is 0. The summed E-state index contributed by atoms with van der Waals surface area (Å²) in [5.74, 6) is 0. The molecule has 0 atom stereocenters. The Morgan fingerprint density at radius 2 is 1.95 bits per heavy atom. The Kier molecular flexibility index (Phi) is 6.99. The van der Waals surface area contributed by atoms with E-state index in [1.54, 1.807) is 0 Å². The number of amidine groups is 1. The van der Waals surface area contributed by atoms with Crippen molar-refractivity contribution in [1.82, 2.24) is 0 Å². The predicted molar refractivity (Wildman–Crippen MR) is 97.5 cm³/mol. The molecule has 0 aliphatic carbocycles. The number of nitrogens with two attached hydrogens (primary N) is 1. The van der Waals surface area contributed by atoms with Gasteiger partial charge in [0.25, 0.3) is 0 Å². The van der Waals surface area contributed by atoms with E-state index in [1.807, 2.05) is 6.26 Å². The molecule has 1 aromatic rings. The third-order valence-corrected chi connectivity index (χ3v) is 3.85. The number of nitrogens with zero attached hydrogens (tertiary/aromatic N) is 2. The average molecular weight is 391 g/mol. The highest BCUT2D eigenvalue weighted by molar-refractivity contribution is 14.0. The van der Waals surface area contributed by atoms with Crippen molar-refractivity contribution in [1.29, 1.82) is 0 Å². The second-order valence-corrected chi connectivity index (χ2v) is 5.47. The lowest BCUT2D eigenvalue weighted by molar-refractivity contribution is 0.578. The van der Waals surface area contributed by atoms with E-state index < -0.39 is 0 Å². The molecule has 3 nitrogen and oxygen atoms in total. The Morgan fingerprint density at radius 3 is 2.58 bits per heavy atom. The molecule has 2 rings (SSSR count). The molecular formula is C14H22IN3S. The SMILES string of the molecule is CSC(N)=Nc1c(C)cccc1N1CCCCC1.I.